The lowest BCUT2D eigenvalue weighted by Crippen LogP contribution is -2.42. The van der Waals surface area contributed by atoms with Crippen LogP contribution in [0.3, 0.4) is 0 Å². The maximum Gasteiger partial charge on any atom is 0.335 e. The summed E-state index contributed by atoms with van der Waals surface area (Å²) in [7, 11) is 0. The van der Waals surface area contributed by atoms with E-state index in [1.165, 1.54) is 18.7 Å². The number of nitrogens with zero attached hydrogens (tertiary/aromatic N) is 1. The molecule has 0 aromatic heterocycles. The lowest BCUT2D eigenvalue weighted by molar-refractivity contribution is -0.165. The second-order valence-corrected chi connectivity index (χ2v) is 5.08. The van der Waals surface area contributed by atoms with Crippen LogP contribution in [-0.4, -0.2) is 75.7 Å². The van der Waals surface area contributed by atoms with Crippen LogP contribution in [0.2, 0.25) is 0 Å². The molecule has 23 heavy (non-hydrogen) atoms. The van der Waals surface area contributed by atoms with Crippen molar-refractivity contribution in [1.29, 1.82) is 0 Å². The van der Waals surface area contributed by atoms with Crippen LogP contribution in [0.25, 0.3) is 0 Å². The minimum atomic E-state index is -2.27. The molecule has 0 unspecified atom stereocenters. The highest BCUT2D eigenvalue weighted by molar-refractivity contribution is 5.83. The van der Waals surface area contributed by atoms with Gasteiger partial charge >= 0.3 is 11.9 Å². The van der Waals surface area contributed by atoms with Gasteiger partial charge in [-0.05, 0) is 5.56 Å². The monoisotopic (exact) mass is 326 g/mol. The molecule has 2 rings (SSSR count). The molecule has 1 heterocycles. The molecule has 5 N–H and O–H groups in total. The zero-order valence-corrected chi connectivity index (χ0v) is 12.6. The molecule has 1 aromatic rings. The maximum absolute atomic E-state index is 9.77. The summed E-state index contributed by atoms with van der Waals surface area (Å²) >= 11 is 0. The van der Waals surface area contributed by atoms with Crippen molar-refractivity contribution >= 4 is 11.9 Å². The van der Waals surface area contributed by atoms with Gasteiger partial charge in [0.05, 0.1) is 0 Å². The number of hydrogen-bond acceptors (Lipinski definition) is 6. The van der Waals surface area contributed by atoms with Gasteiger partial charge in [-0.25, -0.2) is 9.59 Å². The second kappa shape index (κ2) is 9.90. The summed E-state index contributed by atoms with van der Waals surface area (Å²) in [6, 6.07) is 10.7. The number of carbonyl (C=O) groups is 2. The maximum atomic E-state index is 9.77. The SMILES string of the molecule is O=C(O)[C@H](O)[C@@H](O)C(=O)O.c1ccc(CN2CCNCC2)cc1. The van der Waals surface area contributed by atoms with E-state index in [0.29, 0.717) is 0 Å². The van der Waals surface area contributed by atoms with Gasteiger partial charge in [0.2, 0.25) is 0 Å². The van der Waals surface area contributed by atoms with Crippen LogP contribution in [0.15, 0.2) is 30.3 Å². The molecule has 0 spiro atoms. The molecule has 1 aromatic carbocycles. The fourth-order valence-electron chi connectivity index (χ4n) is 1.98. The highest BCUT2D eigenvalue weighted by Gasteiger charge is 2.29. The Labute approximate surface area is 134 Å². The smallest absolute Gasteiger partial charge is 0.335 e. The number of carboxylic acid groups (broad SMARTS) is 2. The van der Waals surface area contributed by atoms with Crippen molar-refractivity contribution in [1.82, 2.24) is 10.2 Å². The van der Waals surface area contributed by atoms with E-state index in [4.69, 9.17) is 20.4 Å². The Morgan fingerprint density at radius 3 is 1.91 bits per heavy atom. The second-order valence-electron chi connectivity index (χ2n) is 5.08. The first-order valence-electron chi connectivity index (χ1n) is 7.20. The fourth-order valence-corrected chi connectivity index (χ4v) is 1.98. The highest BCUT2D eigenvalue weighted by atomic mass is 16.4. The first kappa shape index (κ1) is 19.0. The van der Waals surface area contributed by atoms with Crippen LogP contribution >= 0.6 is 0 Å². The molecule has 0 amide bonds. The fraction of sp³-hybridized carbons (Fsp3) is 0.467. The first-order valence-corrected chi connectivity index (χ1v) is 7.20. The van der Waals surface area contributed by atoms with Gasteiger partial charge < -0.3 is 25.7 Å². The number of aliphatic hydroxyl groups is 2. The highest BCUT2D eigenvalue weighted by Crippen LogP contribution is 2.04. The van der Waals surface area contributed by atoms with Gasteiger partial charge in [0, 0.05) is 32.7 Å². The zero-order chi connectivity index (χ0) is 17.2. The number of rotatable bonds is 5. The number of aliphatic carboxylic acids is 2. The van der Waals surface area contributed by atoms with Crippen LogP contribution in [0, 0.1) is 0 Å². The lowest BCUT2D eigenvalue weighted by atomic mass is 10.2. The van der Waals surface area contributed by atoms with Crippen LogP contribution in [-0.2, 0) is 16.1 Å². The van der Waals surface area contributed by atoms with E-state index < -0.39 is 24.1 Å². The molecule has 128 valence electrons. The number of nitrogens with one attached hydrogen (secondary N) is 1. The van der Waals surface area contributed by atoms with E-state index in [-0.39, 0.29) is 0 Å². The molecule has 0 radical (unpaired) electrons. The lowest BCUT2D eigenvalue weighted by Gasteiger charge is -2.27. The molecule has 8 nitrogen and oxygen atoms in total. The molecule has 1 fully saturated rings. The molecular weight excluding hydrogens is 304 g/mol. The predicted octanol–water partition coefficient (Wildman–Crippen LogP) is -1.03. The minimum Gasteiger partial charge on any atom is -0.479 e. The van der Waals surface area contributed by atoms with Gasteiger partial charge in [-0.2, -0.15) is 0 Å². The van der Waals surface area contributed by atoms with E-state index >= 15 is 0 Å². The Morgan fingerprint density at radius 2 is 1.48 bits per heavy atom. The summed E-state index contributed by atoms with van der Waals surface area (Å²) in [5.41, 5.74) is 1.42. The Bertz CT molecular complexity index is 472. The van der Waals surface area contributed by atoms with Crippen molar-refractivity contribution in [2.24, 2.45) is 0 Å². The van der Waals surface area contributed by atoms with Gasteiger partial charge in [0.1, 0.15) is 0 Å². The molecule has 2 atom stereocenters. The number of benzene rings is 1. The minimum absolute atomic E-state index is 1.10. The van der Waals surface area contributed by atoms with Crippen molar-refractivity contribution in [2.75, 3.05) is 26.2 Å². The average molecular weight is 326 g/mol. The number of piperazine rings is 1. The van der Waals surface area contributed by atoms with Gasteiger partial charge in [-0.3, -0.25) is 4.90 Å². The van der Waals surface area contributed by atoms with Crippen molar-refractivity contribution in [3.63, 3.8) is 0 Å². The third kappa shape index (κ3) is 7.20. The number of hydrogen-bond donors (Lipinski definition) is 5. The van der Waals surface area contributed by atoms with Gasteiger partial charge in [-0.15, -0.1) is 0 Å². The van der Waals surface area contributed by atoms with Crippen molar-refractivity contribution in [3.05, 3.63) is 35.9 Å². The zero-order valence-electron chi connectivity index (χ0n) is 12.6. The molecule has 1 aliphatic heterocycles. The van der Waals surface area contributed by atoms with Crippen LogP contribution in [0.4, 0.5) is 0 Å². The number of aliphatic hydroxyl groups excluding tert-OH is 2. The van der Waals surface area contributed by atoms with E-state index in [2.05, 4.69) is 40.5 Å². The van der Waals surface area contributed by atoms with Crippen molar-refractivity contribution in [3.8, 4) is 0 Å². The third-order valence-corrected chi connectivity index (χ3v) is 3.26. The summed E-state index contributed by atoms with van der Waals surface area (Å²) in [5.74, 6) is -3.54. The molecule has 1 aliphatic rings. The normalized spacial score (nSPS) is 17.5. The largest absolute Gasteiger partial charge is 0.479 e. The van der Waals surface area contributed by atoms with Crippen molar-refractivity contribution in [2.45, 2.75) is 18.8 Å². The molecule has 0 saturated carbocycles. The number of carboxylic acids is 2. The quantitative estimate of drug-likeness (QED) is 0.464. The third-order valence-electron chi connectivity index (χ3n) is 3.26. The van der Waals surface area contributed by atoms with Gasteiger partial charge in [-0.1, -0.05) is 30.3 Å². The summed E-state index contributed by atoms with van der Waals surface area (Å²) < 4.78 is 0. The van der Waals surface area contributed by atoms with Crippen molar-refractivity contribution < 1.29 is 30.0 Å². The Balaban J connectivity index is 0.000000241. The van der Waals surface area contributed by atoms with Gasteiger partial charge in [0.15, 0.2) is 12.2 Å². The average Bonchev–Trinajstić information content (AvgIpc) is 2.55. The molecule has 8 heteroatoms. The summed E-state index contributed by atoms with van der Waals surface area (Å²) in [6.45, 7) is 5.71. The van der Waals surface area contributed by atoms with E-state index in [1.54, 1.807) is 0 Å². The molecule has 0 aliphatic carbocycles. The van der Waals surface area contributed by atoms with Crippen LogP contribution in [0.5, 0.6) is 0 Å². The van der Waals surface area contributed by atoms with E-state index in [9.17, 15) is 9.59 Å². The van der Waals surface area contributed by atoms with E-state index in [1.807, 2.05) is 0 Å². The molecular formula is C15H22N2O6. The summed E-state index contributed by atoms with van der Waals surface area (Å²) in [4.78, 5) is 22.0. The summed E-state index contributed by atoms with van der Waals surface area (Å²) in [5, 5.41) is 35.9. The topological polar surface area (TPSA) is 130 Å². The Morgan fingerprint density at radius 1 is 1.00 bits per heavy atom. The molecule has 0 bridgehead atoms. The first-order chi connectivity index (χ1) is 10.9. The van der Waals surface area contributed by atoms with E-state index in [0.717, 1.165) is 19.6 Å². The van der Waals surface area contributed by atoms with Gasteiger partial charge in [0.25, 0.3) is 0 Å². The summed E-state index contributed by atoms with van der Waals surface area (Å²) in [6.07, 6.45) is -4.53. The Hall–Kier alpha value is -2.00. The standard InChI is InChI=1S/C11H16N2.C4H6O6/c1-2-4-11(5-3-1)10-13-8-6-12-7-9-13;5-1(3(7)8)2(6)4(9)10/h1-5,12H,6-10H2;1-2,5-6H,(H,7,8)(H,9,10)/t;1-,2-/m.1/s1. The predicted molar refractivity (Wildman–Crippen MR) is 81.9 cm³/mol. The Kier molecular flexibility index (Phi) is 8.20. The van der Waals surface area contributed by atoms with Crippen LogP contribution in [0.1, 0.15) is 5.56 Å². The van der Waals surface area contributed by atoms with Crippen LogP contribution < -0.4 is 5.32 Å². The molecule has 1 saturated heterocycles.